The summed E-state index contributed by atoms with van der Waals surface area (Å²) in [7, 11) is 1.66. The van der Waals surface area contributed by atoms with Crippen molar-refractivity contribution in [3.05, 3.63) is 64.2 Å². The van der Waals surface area contributed by atoms with Gasteiger partial charge in [0.1, 0.15) is 5.75 Å². The molecule has 1 N–H and O–H groups in total. The topological polar surface area (TPSA) is 38.3 Å². The fraction of sp³-hybridized carbons (Fsp3) is 0.316. The van der Waals surface area contributed by atoms with Crippen molar-refractivity contribution in [1.29, 1.82) is 0 Å². The summed E-state index contributed by atoms with van der Waals surface area (Å²) in [5, 5.41) is 3.01. The average molecular weight is 297 g/mol. The third-order valence-electron chi connectivity index (χ3n) is 3.78. The lowest BCUT2D eigenvalue weighted by Crippen LogP contribution is -2.27. The number of hydrogen-bond acceptors (Lipinski definition) is 2. The van der Waals surface area contributed by atoms with Gasteiger partial charge >= 0.3 is 0 Å². The van der Waals surface area contributed by atoms with E-state index in [0.29, 0.717) is 6.54 Å². The van der Waals surface area contributed by atoms with Gasteiger partial charge in [-0.2, -0.15) is 0 Å². The van der Waals surface area contributed by atoms with Gasteiger partial charge < -0.3 is 10.1 Å². The first-order chi connectivity index (χ1) is 10.5. The van der Waals surface area contributed by atoms with Crippen LogP contribution in [0.25, 0.3) is 0 Å². The molecule has 0 aliphatic carbocycles. The van der Waals surface area contributed by atoms with Crippen LogP contribution in [0.1, 0.15) is 32.6 Å². The Labute approximate surface area is 132 Å². The van der Waals surface area contributed by atoms with E-state index in [2.05, 4.69) is 5.32 Å². The lowest BCUT2D eigenvalue weighted by Gasteiger charge is -2.12. The second kappa shape index (κ2) is 7.12. The van der Waals surface area contributed by atoms with Crippen LogP contribution < -0.4 is 10.1 Å². The van der Waals surface area contributed by atoms with Crippen molar-refractivity contribution < 1.29 is 9.53 Å². The summed E-state index contributed by atoms with van der Waals surface area (Å²) < 4.78 is 5.33. The summed E-state index contributed by atoms with van der Waals surface area (Å²) in [5.41, 5.74) is 5.11. The Morgan fingerprint density at radius 3 is 2.36 bits per heavy atom. The highest BCUT2D eigenvalue weighted by molar-refractivity contribution is 5.97. The van der Waals surface area contributed by atoms with Crippen molar-refractivity contribution in [3.8, 4) is 5.75 Å². The van der Waals surface area contributed by atoms with Crippen LogP contribution >= 0.6 is 0 Å². The third-order valence-corrected chi connectivity index (χ3v) is 3.78. The summed E-state index contributed by atoms with van der Waals surface area (Å²) in [6.45, 7) is 6.60. The molecule has 116 valence electrons. The molecule has 0 saturated carbocycles. The molecular weight excluding hydrogens is 274 g/mol. The molecule has 0 heterocycles. The Hall–Kier alpha value is -2.29. The van der Waals surface area contributed by atoms with E-state index in [4.69, 9.17) is 4.74 Å². The average Bonchev–Trinajstić information content (AvgIpc) is 2.46. The van der Waals surface area contributed by atoms with Crippen LogP contribution in [-0.2, 0) is 6.42 Å². The normalized spacial score (nSPS) is 10.4. The van der Waals surface area contributed by atoms with Crippen LogP contribution in [0.15, 0.2) is 36.4 Å². The summed E-state index contributed by atoms with van der Waals surface area (Å²) in [5.74, 6) is 0.851. The van der Waals surface area contributed by atoms with Gasteiger partial charge in [0.05, 0.1) is 7.11 Å². The number of hydrogen-bond donors (Lipinski definition) is 1. The van der Waals surface area contributed by atoms with E-state index in [-0.39, 0.29) is 5.91 Å². The molecule has 0 aliphatic heterocycles. The molecule has 0 bridgehead atoms. The maximum atomic E-state index is 12.4. The first-order valence-electron chi connectivity index (χ1n) is 7.51. The van der Waals surface area contributed by atoms with Crippen molar-refractivity contribution in [3.63, 3.8) is 0 Å². The Bertz CT molecular complexity index is 654. The number of benzene rings is 2. The molecule has 1 amide bonds. The van der Waals surface area contributed by atoms with Crippen molar-refractivity contribution in [2.75, 3.05) is 13.7 Å². The second-order valence-corrected chi connectivity index (χ2v) is 5.59. The number of aryl methyl sites for hydroxylation is 3. The predicted molar refractivity (Wildman–Crippen MR) is 89.7 cm³/mol. The molecule has 2 aromatic carbocycles. The van der Waals surface area contributed by atoms with Gasteiger partial charge in [0, 0.05) is 12.1 Å². The number of carbonyl (C=O) groups excluding carboxylic acids is 1. The summed E-state index contributed by atoms with van der Waals surface area (Å²) in [6, 6.07) is 12.0. The van der Waals surface area contributed by atoms with Crippen LogP contribution in [0.4, 0.5) is 0 Å². The quantitative estimate of drug-likeness (QED) is 0.916. The Morgan fingerprint density at radius 1 is 1.09 bits per heavy atom. The smallest absolute Gasteiger partial charge is 0.251 e. The first-order valence-corrected chi connectivity index (χ1v) is 7.51. The Kier molecular flexibility index (Phi) is 5.21. The van der Waals surface area contributed by atoms with E-state index in [9.17, 15) is 4.79 Å². The fourth-order valence-corrected chi connectivity index (χ4v) is 2.85. The van der Waals surface area contributed by atoms with Crippen molar-refractivity contribution in [2.24, 2.45) is 0 Å². The van der Waals surface area contributed by atoms with Gasteiger partial charge in [0.15, 0.2) is 0 Å². The van der Waals surface area contributed by atoms with E-state index in [1.165, 1.54) is 5.56 Å². The van der Waals surface area contributed by atoms with E-state index >= 15 is 0 Å². The number of rotatable bonds is 5. The SMILES string of the molecule is COc1ccccc1CCNC(=O)c1c(C)cc(C)cc1C. The van der Waals surface area contributed by atoms with Gasteiger partial charge in [-0.15, -0.1) is 0 Å². The minimum Gasteiger partial charge on any atom is -0.496 e. The van der Waals surface area contributed by atoms with Crippen molar-refractivity contribution >= 4 is 5.91 Å². The molecular formula is C19H23NO2. The van der Waals surface area contributed by atoms with E-state index < -0.39 is 0 Å². The van der Waals surface area contributed by atoms with Gasteiger partial charge in [-0.3, -0.25) is 4.79 Å². The zero-order valence-corrected chi connectivity index (χ0v) is 13.7. The highest BCUT2D eigenvalue weighted by Crippen LogP contribution is 2.18. The Morgan fingerprint density at radius 2 is 1.73 bits per heavy atom. The van der Waals surface area contributed by atoms with Gasteiger partial charge in [0.2, 0.25) is 0 Å². The van der Waals surface area contributed by atoms with Crippen LogP contribution in [0.2, 0.25) is 0 Å². The van der Waals surface area contributed by atoms with E-state index in [1.54, 1.807) is 7.11 Å². The summed E-state index contributed by atoms with van der Waals surface area (Å²) in [4.78, 5) is 12.4. The monoisotopic (exact) mass is 297 g/mol. The lowest BCUT2D eigenvalue weighted by molar-refractivity contribution is 0.0953. The van der Waals surface area contributed by atoms with Gasteiger partial charge in [-0.1, -0.05) is 35.9 Å². The maximum Gasteiger partial charge on any atom is 0.251 e. The van der Waals surface area contributed by atoms with E-state index in [1.807, 2.05) is 57.2 Å². The minimum atomic E-state index is -0.00935. The number of amides is 1. The molecule has 0 radical (unpaired) electrons. The van der Waals surface area contributed by atoms with Crippen LogP contribution in [0.5, 0.6) is 5.75 Å². The molecule has 2 aromatic rings. The van der Waals surface area contributed by atoms with Gasteiger partial charge in [-0.25, -0.2) is 0 Å². The van der Waals surface area contributed by atoms with Gasteiger partial charge in [0.25, 0.3) is 5.91 Å². The summed E-state index contributed by atoms with van der Waals surface area (Å²) >= 11 is 0. The van der Waals surface area contributed by atoms with Crippen LogP contribution in [-0.4, -0.2) is 19.6 Å². The molecule has 0 fully saturated rings. The molecule has 0 saturated heterocycles. The standard InChI is InChI=1S/C19H23NO2/c1-13-11-14(2)18(15(3)12-13)19(21)20-10-9-16-7-5-6-8-17(16)22-4/h5-8,11-12H,9-10H2,1-4H3,(H,20,21). The molecule has 3 heteroatoms. The highest BCUT2D eigenvalue weighted by atomic mass is 16.5. The fourth-order valence-electron chi connectivity index (χ4n) is 2.85. The molecule has 0 atom stereocenters. The maximum absolute atomic E-state index is 12.4. The number of para-hydroxylation sites is 1. The number of carbonyl (C=O) groups is 1. The highest BCUT2D eigenvalue weighted by Gasteiger charge is 2.12. The zero-order valence-electron chi connectivity index (χ0n) is 13.7. The molecule has 2 rings (SSSR count). The molecule has 0 unspecified atom stereocenters. The van der Waals surface area contributed by atoms with Crippen LogP contribution in [0, 0.1) is 20.8 Å². The third kappa shape index (κ3) is 3.67. The Balaban J connectivity index is 2.02. The molecule has 0 spiro atoms. The van der Waals surface area contributed by atoms with Crippen molar-refractivity contribution in [2.45, 2.75) is 27.2 Å². The number of methoxy groups -OCH3 is 1. The molecule has 0 aromatic heterocycles. The molecule has 22 heavy (non-hydrogen) atoms. The van der Waals surface area contributed by atoms with Gasteiger partial charge in [-0.05, 0) is 49.9 Å². The number of ether oxygens (including phenoxy) is 1. The van der Waals surface area contributed by atoms with Crippen molar-refractivity contribution in [1.82, 2.24) is 5.32 Å². The summed E-state index contributed by atoms with van der Waals surface area (Å²) in [6.07, 6.45) is 0.750. The van der Waals surface area contributed by atoms with E-state index in [0.717, 1.165) is 34.4 Å². The lowest BCUT2D eigenvalue weighted by atomic mass is 9.99. The minimum absolute atomic E-state index is 0.00935. The van der Waals surface area contributed by atoms with Crippen LogP contribution in [0.3, 0.4) is 0 Å². The zero-order chi connectivity index (χ0) is 16.1. The predicted octanol–water partition coefficient (Wildman–Crippen LogP) is 3.59. The molecule has 3 nitrogen and oxygen atoms in total. The first kappa shape index (κ1) is 16.1. The second-order valence-electron chi connectivity index (χ2n) is 5.59. The number of nitrogens with one attached hydrogen (secondary N) is 1. The largest absolute Gasteiger partial charge is 0.496 e. The molecule has 0 aliphatic rings.